The van der Waals surface area contributed by atoms with Crippen molar-refractivity contribution in [2.75, 3.05) is 13.2 Å². The van der Waals surface area contributed by atoms with E-state index in [1.54, 1.807) is 18.2 Å². The average Bonchev–Trinajstić information content (AvgIpc) is 3.49. The van der Waals surface area contributed by atoms with E-state index in [-0.39, 0.29) is 12.2 Å². The second kappa shape index (κ2) is 11.5. The van der Waals surface area contributed by atoms with Gasteiger partial charge in [0.15, 0.2) is 0 Å². The highest BCUT2D eigenvalue weighted by Crippen LogP contribution is 2.50. The van der Waals surface area contributed by atoms with Gasteiger partial charge >= 0.3 is 5.97 Å². The molecule has 6 heteroatoms. The lowest BCUT2D eigenvalue weighted by Gasteiger charge is -2.31. The zero-order valence-corrected chi connectivity index (χ0v) is 21.5. The van der Waals surface area contributed by atoms with Crippen molar-refractivity contribution < 1.29 is 28.5 Å². The quantitative estimate of drug-likeness (QED) is 0.190. The minimum atomic E-state index is -0.796. The van der Waals surface area contributed by atoms with E-state index >= 15 is 0 Å². The molecule has 6 rings (SSSR count). The molecule has 4 atom stereocenters. The minimum Gasteiger partial charge on any atom is -0.423 e. The van der Waals surface area contributed by atoms with Crippen molar-refractivity contribution in [3.8, 4) is 5.75 Å². The van der Waals surface area contributed by atoms with Gasteiger partial charge in [0.25, 0.3) is 0 Å². The molecule has 2 fully saturated rings. The maximum atomic E-state index is 12.9. The molecule has 0 radical (unpaired) electrons. The number of hydrogen-bond donors (Lipinski definition) is 0. The van der Waals surface area contributed by atoms with Gasteiger partial charge in [-0.15, -0.1) is 0 Å². The Kier molecular flexibility index (Phi) is 7.52. The Morgan fingerprint density at radius 2 is 1.38 bits per heavy atom. The van der Waals surface area contributed by atoms with Crippen molar-refractivity contribution in [1.29, 1.82) is 0 Å². The summed E-state index contributed by atoms with van der Waals surface area (Å²) in [4.78, 5) is 12.9. The van der Waals surface area contributed by atoms with E-state index in [0.717, 1.165) is 16.7 Å². The topological polar surface area (TPSA) is 63.2 Å². The van der Waals surface area contributed by atoms with Gasteiger partial charge in [-0.25, -0.2) is 4.79 Å². The molecule has 0 N–H and O–H groups in total. The second-order valence-corrected chi connectivity index (χ2v) is 9.87. The Bertz CT molecular complexity index is 1380. The van der Waals surface area contributed by atoms with Gasteiger partial charge in [-0.3, -0.25) is 0 Å². The summed E-state index contributed by atoms with van der Waals surface area (Å²) in [7, 11) is 0. The monoisotopic (exact) mass is 522 g/mol. The van der Waals surface area contributed by atoms with Crippen LogP contribution in [0, 0.1) is 0 Å². The molecule has 39 heavy (non-hydrogen) atoms. The molecule has 2 bridgehead atoms. The summed E-state index contributed by atoms with van der Waals surface area (Å²) in [5, 5.41) is 0. The lowest BCUT2D eigenvalue weighted by molar-refractivity contribution is -0.176. The number of rotatable bonds is 10. The summed E-state index contributed by atoms with van der Waals surface area (Å²) < 4.78 is 31.5. The SMILES string of the molecule is O=C(Oc1ccccc1C1O[C@@]2(COCc3ccccc3)CO[C@@H]1[C@@H]2OCc1ccccc1)c1ccccc1. The van der Waals surface area contributed by atoms with E-state index < -0.39 is 17.7 Å². The largest absolute Gasteiger partial charge is 0.423 e. The molecule has 198 valence electrons. The number of carbonyl (C=O) groups excluding carboxylic acids is 1. The van der Waals surface area contributed by atoms with Gasteiger partial charge in [-0.1, -0.05) is 97.1 Å². The normalized spacial score (nSPS) is 23.5. The number of para-hydroxylation sites is 1. The third kappa shape index (κ3) is 5.51. The molecule has 0 amide bonds. The van der Waals surface area contributed by atoms with Crippen LogP contribution in [0.3, 0.4) is 0 Å². The van der Waals surface area contributed by atoms with E-state index in [0.29, 0.717) is 37.7 Å². The van der Waals surface area contributed by atoms with Gasteiger partial charge in [-0.05, 0) is 29.3 Å². The smallest absolute Gasteiger partial charge is 0.343 e. The van der Waals surface area contributed by atoms with Crippen LogP contribution in [0.2, 0.25) is 0 Å². The number of carbonyl (C=O) groups is 1. The first-order valence-corrected chi connectivity index (χ1v) is 13.1. The predicted molar refractivity (Wildman–Crippen MR) is 145 cm³/mol. The molecule has 2 heterocycles. The Morgan fingerprint density at radius 1 is 0.769 bits per heavy atom. The minimum absolute atomic E-state index is 0.306. The molecule has 2 aliphatic heterocycles. The van der Waals surface area contributed by atoms with E-state index in [9.17, 15) is 4.79 Å². The Morgan fingerprint density at radius 3 is 2.10 bits per heavy atom. The summed E-state index contributed by atoms with van der Waals surface area (Å²) in [5.74, 6) is 0.0135. The predicted octanol–water partition coefficient (Wildman–Crippen LogP) is 5.92. The molecule has 0 saturated carbocycles. The highest BCUT2D eigenvalue weighted by molar-refractivity contribution is 5.91. The third-order valence-corrected chi connectivity index (χ3v) is 7.17. The molecule has 4 aromatic rings. The van der Waals surface area contributed by atoms with Crippen LogP contribution in [0.25, 0.3) is 0 Å². The molecule has 0 aromatic heterocycles. The van der Waals surface area contributed by atoms with Gasteiger partial charge in [0.05, 0.1) is 32.0 Å². The highest BCUT2D eigenvalue weighted by atomic mass is 16.7. The number of benzene rings is 4. The Balaban J connectivity index is 1.24. The summed E-state index contributed by atoms with van der Waals surface area (Å²) in [6.07, 6.45) is -1.23. The highest BCUT2D eigenvalue weighted by Gasteiger charge is 2.63. The van der Waals surface area contributed by atoms with Crippen molar-refractivity contribution in [2.45, 2.75) is 37.1 Å². The maximum Gasteiger partial charge on any atom is 0.343 e. The lowest BCUT2D eigenvalue weighted by atomic mass is 9.96. The van der Waals surface area contributed by atoms with Crippen LogP contribution in [0.15, 0.2) is 115 Å². The van der Waals surface area contributed by atoms with Crippen molar-refractivity contribution in [1.82, 2.24) is 0 Å². The summed E-state index contributed by atoms with van der Waals surface area (Å²) in [5.41, 5.74) is 2.57. The number of hydrogen-bond acceptors (Lipinski definition) is 6. The van der Waals surface area contributed by atoms with Crippen molar-refractivity contribution in [3.63, 3.8) is 0 Å². The third-order valence-electron chi connectivity index (χ3n) is 7.17. The van der Waals surface area contributed by atoms with Crippen LogP contribution in [-0.4, -0.2) is 37.0 Å². The summed E-state index contributed by atoms with van der Waals surface area (Å²) in [6.45, 7) is 1.54. The van der Waals surface area contributed by atoms with E-state index in [1.165, 1.54) is 0 Å². The second-order valence-electron chi connectivity index (χ2n) is 9.87. The van der Waals surface area contributed by atoms with Gasteiger partial charge in [-0.2, -0.15) is 0 Å². The van der Waals surface area contributed by atoms with Crippen LogP contribution in [0.5, 0.6) is 5.75 Å². The molecule has 4 aromatic carbocycles. The van der Waals surface area contributed by atoms with E-state index in [4.69, 9.17) is 23.7 Å². The lowest BCUT2D eigenvalue weighted by Crippen LogP contribution is -2.46. The number of ether oxygens (including phenoxy) is 5. The molecule has 2 saturated heterocycles. The fraction of sp³-hybridized carbons (Fsp3) is 0.242. The molecular weight excluding hydrogens is 492 g/mol. The molecule has 2 aliphatic rings. The Labute approximate surface area is 228 Å². The first-order chi connectivity index (χ1) is 19.2. The van der Waals surface area contributed by atoms with Crippen LogP contribution < -0.4 is 4.74 Å². The number of fused-ring (bicyclic) bond motifs is 2. The summed E-state index contributed by atoms with van der Waals surface area (Å²) in [6, 6.07) is 36.5. The van der Waals surface area contributed by atoms with E-state index in [1.807, 2.05) is 97.1 Å². The fourth-order valence-electron chi connectivity index (χ4n) is 5.24. The van der Waals surface area contributed by atoms with E-state index in [2.05, 4.69) is 0 Å². The van der Waals surface area contributed by atoms with Gasteiger partial charge in [0.1, 0.15) is 29.7 Å². The van der Waals surface area contributed by atoms with Gasteiger partial charge in [0.2, 0.25) is 0 Å². The summed E-state index contributed by atoms with van der Waals surface area (Å²) >= 11 is 0. The molecule has 1 unspecified atom stereocenters. The van der Waals surface area contributed by atoms with Gasteiger partial charge < -0.3 is 23.7 Å². The standard InChI is InChI=1S/C33H30O6/c34-32(26-16-8-3-9-17-26)38-28-19-11-10-18-27(28)29-30-31(36-21-25-14-6-2-7-15-25)33(39-29,23-37-30)22-35-20-24-12-4-1-5-13-24/h1-19,29-31H,20-23H2/t29?,30-,31-,33-/m0/s1. The molecular formula is C33H30O6. The van der Waals surface area contributed by atoms with Crippen molar-refractivity contribution >= 4 is 5.97 Å². The van der Waals surface area contributed by atoms with Crippen molar-refractivity contribution in [2.24, 2.45) is 0 Å². The van der Waals surface area contributed by atoms with Crippen LogP contribution in [0.4, 0.5) is 0 Å². The first-order valence-electron chi connectivity index (χ1n) is 13.1. The zero-order valence-electron chi connectivity index (χ0n) is 21.5. The number of esters is 1. The zero-order chi connectivity index (χ0) is 26.5. The molecule has 0 spiro atoms. The maximum absolute atomic E-state index is 12.9. The first kappa shape index (κ1) is 25.5. The van der Waals surface area contributed by atoms with Crippen LogP contribution in [-0.2, 0) is 32.2 Å². The fourth-order valence-corrected chi connectivity index (χ4v) is 5.24. The van der Waals surface area contributed by atoms with Gasteiger partial charge in [0, 0.05) is 5.56 Å². The molecule has 0 aliphatic carbocycles. The van der Waals surface area contributed by atoms with Crippen LogP contribution in [0.1, 0.15) is 33.2 Å². The average molecular weight is 523 g/mol. The van der Waals surface area contributed by atoms with Crippen LogP contribution >= 0.6 is 0 Å². The molecule has 6 nitrogen and oxygen atoms in total. The van der Waals surface area contributed by atoms with Crippen molar-refractivity contribution in [3.05, 3.63) is 138 Å². The Hall–Kier alpha value is -3.81.